The quantitative estimate of drug-likeness (QED) is 0.698. The van der Waals surface area contributed by atoms with Gasteiger partial charge in [-0.2, -0.15) is 0 Å². The Morgan fingerprint density at radius 1 is 0.926 bits per heavy atom. The highest BCUT2D eigenvalue weighted by Gasteiger charge is 2.15. The molecule has 0 radical (unpaired) electrons. The number of aromatic nitrogens is 2. The van der Waals surface area contributed by atoms with Crippen LogP contribution in [-0.4, -0.2) is 27.8 Å². The second-order valence-electron chi connectivity index (χ2n) is 6.81. The van der Waals surface area contributed by atoms with Crippen LogP contribution in [0.3, 0.4) is 0 Å². The first-order valence-electron chi connectivity index (χ1n) is 9.39. The number of nitrogens with zero attached hydrogens (tertiary/aromatic N) is 2. The fraction of sp³-hybridized carbons (Fsp3) is 0.400. The van der Waals surface area contributed by atoms with Crippen molar-refractivity contribution in [2.24, 2.45) is 0 Å². The number of nitrogens with one attached hydrogen (secondary N) is 3. The van der Waals surface area contributed by atoms with Gasteiger partial charge in [0.25, 0.3) is 5.91 Å². The van der Waals surface area contributed by atoms with Crippen molar-refractivity contribution in [3.63, 3.8) is 0 Å². The molecule has 0 spiro atoms. The Morgan fingerprint density at radius 2 is 1.56 bits per heavy atom. The third kappa shape index (κ3) is 5.77. The molecule has 2 amide bonds. The lowest BCUT2D eigenvalue weighted by atomic mass is 10.1. The highest BCUT2D eigenvalue weighted by atomic mass is 16.2. The molecule has 7 heteroatoms. The molecule has 0 aliphatic heterocycles. The minimum atomic E-state index is -0.298. The van der Waals surface area contributed by atoms with Crippen molar-refractivity contribution in [1.29, 1.82) is 0 Å². The van der Waals surface area contributed by atoms with E-state index in [0.717, 1.165) is 12.8 Å². The Morgan fingerprint density at radius 3 is 2.19 bits per heavy atom. The maximum Gasteiger partial charge on any atom is 0.274 e. The van der Waals surface area contributed by atoms with E-state index >= 15 is 0 Å². The fourth-order valence-electron chi connectivity index (χ4n) is 3.20. The average molecular weight is 367 g/mol. The summed E-state index contributed by atoms with van der Waals surface area (Å²) in [5.74, 6) is 0.0608. The van der Waals surface area contributed by atoms with Crippen molar-refractivity contribution >= 4 is 29.1 Å². The van der Waals surface area contributed by atoms with Crippen molar-refractivity contribution in [2.75, 3.05) is 16.0 Å². The number of rotatable bonds is 5. The lowest BCUT2D eigenvalue weighted by molar-refractivity contribution is -0.114. The number of hydrogen-bond donors (Lipinski definition) is 3. The van der Waals surface area contributed by atoms with Crippen molar-refractivity contribution in [2.45, 2.75) is 51.5 Å². The highest BCUT2D eigenvalue weighted by molar-refractivity contribution is 6.03. The number of anilines is 3. The Hall–Kier alpha value is -2.96. The zero-order valence-corrected chi connectivity index (χ0v) is 15.5. The molecule has 7 nitrogen and oxygen atoms in total. The minimum Gasteiger partial charge on any atom is -0.351 e. The number of amides is 2. The van der Waals surface area contributed by atoms with Crippen LogP contribution in [0.25, 0.3) is 0 Å². The van der Waals surface area contributed by atoms with Gasteiger partial charge in [0, 0.05) is 30.5 Å². The van der Waals surface area contributed by atoms with Crippen LogP contribution in [0.1, 0.15) is 55.9 Å². The first-order chi connectivity index (χ1) is 13.1. The van der Waals surface area contributed by atoms with E-state index in [9.17, 15) is 9.59 Å². The van der Waals surface area contributed by atoms with Crippen LogP contribution in [0, 0.1) is 0 Å². The smallest absolute Gasteiger partial charge is 0.274 e. The van der Waals surface area contributed by atoms with Gasteiger partial charge < -0.3 is 16.0 Å². The van der Waals surface area contributed by atoms with Gasteiger partial charge in [-0.05, 0) is 43.2 Å². The van der Waals surface area contributed by atoms with Crippen molar-refractivity contribution in [3.05, 3.63) is 42.2 Å². The molecule has 142 valence electrons. The van der Waals surface area contributed by atoms with E-state index in [4.69, 9.17) is 0 Å². The highest BCUT2D eigenvalue weighted by Crippen LogP contribution is 2.20. The first kappa shape index (κ1) is 18.8. The summed E-state index contributed by atoms with van der Waals surface area (Å²) < 4.78 is 0. The maximum absolute atomic E-state index is 12.5. The first-order valence-corrected chi connectivity index (χ1v) is 9.39. The molecule has 27 heavy (non-hydrogen) atoms. The van der Waals surface area contributed by atoms with Gasteiger partial charge in [-0.1, -0.05) is 25.7 Å². The summed E-state index contributed by atoms with van der Waals surface area (Å²) >= 11 is 0. The minimum absolute atomic E-state index is 0.138. The van der Waals surface area contributed by atoms with E-state index in [2.05, 4.69) is 25.9 Å². The Balaban J connectivity index is 1.61. The van der Waals surface area contributed by atoms with Gasteiger partial charge >= 0.3 is 0 Å². The number of hydrogen-bond acceptors (Lipinski definition) is 5. The summed E-state index contributed by atoms with van der Waals surface area (Å²) in [6.07, 6.45) is 8.81. The van der Waals surface area contributed by atoms with Crippen LogP contribution < -0.4 is 16.0 Å². The third-order valence-electron chi connectivity index (χ3n) is 4.54. The normalized spacial score (nSPS) is 14.9. The molecular weight excluding hydrogens is 342 g/mol. The van der Waals surface area contributed by atoms with Crippen molar-refractivity contribution in [1.82, 2.24) is 9.97 Å². The van der Waals surface area contributed by atoms with Gasteiger partial charge in [-0.3, -0.25) is 9.59 Å². The number of carbonyl (C=O) groups is 2. The topological polar surface area (TPSA) is 96.0 Å². The molecule has 0 atom stereocenters. The standard InChI is InChI=1S/C20H25N5O2/c1-14(26)22-16-8-10-17(11-9-16)23-19(27)18-12-13-21-20(25-18)24-15-6-4-2-3-5-7-15/h8-13,15H,2-7H2,1H3,(H,22,26)(H,23,27)(H,21,24,25). The fourth-order valence-corrected chi connectivity index (χ4v) is 3.20. The van der Waals surface area contributed by atoms with Crippen LogP contribution >= 0.6 is 0 Å². The van der Waals surface area contributed by atoms with Gasteiger partial charge in [-0.25, -0.2) is 9.97 Å². The molecule has 1 aromatic carbocycles. The lowest BCUT2D eigenvalue weighted by Gasteiger charge is -2.16. The molecule has 1 aliphatic carbocycles. The molecule has 0 bridgehead atoms. The van der Waals surface area contributed by atoms with Crippen molar-refractivity contribution < 1.29 is 9.59 Å². The summed E-state index contributed by atoms with van der Waals surface area (Å²) in [5.41, 5.74) is 1.62. The van der Waals surface area contributed by atoms with Crippen LogP contribution in [-0.2, 0) is 4.79 Å². The Bertz CT molecular complexity index is 783. The van der Waals surface area contributed by atoms with Gasteiger partial charge in [-0.15, -0.1) is 0 Å². The molecule has 3 N–H and O–H groups in total. The molecule has 1 aliphatic rings. The number of benzene rings is 1. The van der Waals surface area contributed by atoms with Crippen LogP contribution in [0.4, 0.5) is 17.3 Å². The molecule has 0 unspecified atom stereocenters. The summed E-state index contributed by atoms with van der Waals surface area (Å²) in [6.45, 7) is 1.45. The lowest BCUT2D eigenvalue weighted by Crippen LogP contribution is -2.21. The van der Waals surface area contributed by atoms with Crippen LogP contribution in [0.15, 0.2) is 36.5 Å². The van der Waals surface area contributed by atoms with Gasteiger partial charge in [0.15, 0.2) is 0 Å². The summed E-state index contributed by atoms with van der Waals surface area (Å²) in [7, 11) is 0. The van der Waals surface area contributed by atoms with Gasteiger partial charge in [0.1, 0.15) is 5.69 Å². The molecule has 1 aromatic heterocycles. The molecular formula is C20H25N5O2. The summed E-state index contributed by atoms with van der Waals surface area (Å²) in [4.78, 5) is 32.1. The molecule has 2 aromatic rings. The second-order valence-corrected chi connectivity index (χ2v) is 6.81. The molecule has 1 fully saturated rings. The van der Waals surface area contributed by atoms with E-state index in [-0.39, 0.29) is 11.8 Å². The monoisotopic (exact) mass is 367 g/mol. The predicted molar refractivity (Wildman–Crippen MR) is 106 cm³/mol. The van der Waals surface area contributed by atoms with Crippen molar-refractivity contribution in [3.8, 4) is 0 Å². The van der Waals surface area contributed by atoms with E-state index < -0.39 is 0 Å². The molecule has 1 saturated carbocycles. The zero-order valence-electron chi connectivity index (χ0n) is 15.5. The van der Waals surface area contributed by atoms with E-state index in [0.29, 0.717) is 29.1 Å². The number of carbonyl (C=O) groups excluding carboxylic acids is 2. The van der Waals surface area contributed by atoms with E-state index in [1.165, 1.54) is 32.6 Å². The largest absolute Gasteiger partial charge is 0.351 e. The molecule has 3 rings (SSSR count). The summed E-state index contributed by atoms with van der Waals surface area (Å²) in [6, 6.07) is 8.89. The van der Waals surface area contributed by atoms with E-state index in [1.807, 2.05) is 0 Å². The predicted octanol–water partition coefficient (Wildman–Crippen LogP) is 3.82. The third-order valence-corrected chi connectivity index (χ3v) is 4.54. The molecule has 0 saturated heterocycles. The Kier molecular flexibility index (Phi) is 6.35. The maximum atomic E-state index is 12.5. The second kappa shape index (κ2) is 9.12. The Labute approximate surface area is 159 Å². The zero-order chi connectivity index (χ0) is 19.1. The van der Waals surface area contributed by atoms with Gasteiger partial charge in [0.2, 0.25) is 11.9 Å². The SMILES string of the molecule is CC(=O)Nc1ccc(NC(=O)c2ccnc(NC3CCCCCC3)n2)cc1. The summed E-state index contributed by atoms with van der Waals surface area (Å²) in [5, 5.41) is 8.86. The van der Waals surface area contributed by atoms with Crippen LogP contribution in [0.5, 0.6) is 0 Å². The van der Waals surface area contributed by atoms with E-state index in [1.54, 1.807) is 36.5 Å². The molecule has 1 heterocycles. The van der Waals surface area contributed by atoms with Crippen LogP contribution in [0.2, 0.25) is 0 Å². The average Bonchev–Trinajstić information content (AvgIpc) is 2.92. The van der Waals surface area contributed by atoms with Gasteiger partial charge in [0.05, 0.1) is 0 Å².